The molecule has 3 rings (SSSR count). The fraction of sp³-hybridized carbons (Fsp3) is 0.471. The molecular weight excluding hydrogens is 246 g/mol. The number of anilines is 1. The number of hydrogen-bond donors (Lipinski definition) is 1. The molecule has 1 saturated heterocycles. The van der Waals surface area contributed by atoms with Gasteiger partial charge >= 0.3 is 0 Å². The molecule has 106 valence electrons. The van der Waals surface area contributed by atoms with Crippen molar-refractivity contribution in [1.29, 1.82) is 0 Å². The molecule has 0 aliphatic carbocycles. The van der Waals surface area contributed by atoms with Crippen LogP contribution in [0.2, 0.25) is 0 Å². The summed E-state index contributed by atoms with van der Waals surface area (Å²) in [5.74, 6) is 1.13. The van der Waals surface area contributed by atoms with Gasteiger partial charge in [-0.2, -0.15) is 0 Å². The second-order valence-electron chi connectivity index (χ2n) is 5.62. The van der Waals surface area contributed by atoms with E-state index >= 15 is 0 Å². The average Bonchev–Trinajstić information content (AvgIpc) is 2.46. The minimum absolute atomic E-state index is 0.506. The van der Waals surface area contributed by atoms with E-state index in [0.717, 1.165) is 24.6 Å². The van der Waals surface area contributed by atoms with Crippen molar-refractivity contribution < 1.29 is 0 Å². The maximum atomic E-state index is 5.81. The summed E-state index contributed by atoms with van der Waals surface area (Å²) in [4.78, 5) is 7.28. The molecule has 3 heteroatoms. The quantitative estimate of drug-likeness (QED) is 0.907. The fourth-order valence-electron chi connectivity index (χ4n) is 3.04. The Morgan fingerprint density at radius 2 is 1.70 bits per heavy atom. The van der Waals surface area contributed by atoms with Crippen LogP contribution in [0.15, 0.2) is 30.3 Å². The zero-order valence-corrected chi connectivity index (χ0v) is 12.0. The lowest BCUT2D eigenvalue weighted by Crippen LogP contribution is -2.28. The average molecular weight is 269 g/mol. The minimum atomic E-state index is 0.506. The number of benzene rings is 1. The zero-order valence-electron chi connectivity index (χ0n) is 12.0. The van der Waals surface area contributed by atoms with Crippen LogP contribution >= 0.6 is 0 Å². The van der Waals surface area contributed by atoms with E-state index in [1.165, 1.54) is 42.9 Å². The molecule has 0 unspecified atom stereocenters. The number of rotatable bonds is 2. The first kappa shape index (κ1) is 13.4. The van der Waals surface area contributed by atoms with E-state index < -0.39 is 0 Å². The molecule has 1 aliphatic heterocycles. The summed E-state index contributed by atoms with van der Waals surface area (Å²) in [6.45, 7) is 2.74. The number of aromatic nitrogens is 1. The number of pyridine rings is 1. The first-order chi connectivity index (χ1) is 9.88. The van der Waals surface area contributed by atoms with Crippen molar-refractivity contribution in [2.45, 2.75) is 38.6 Å². The number of nitrogens with two attached hydrogens (primary N) is 1. The highest BCUT2D eigenvalue weighted by atomic mass is 15.2. The number of nitrogens with zero attached hydrogens (tertiary/aromatic N) is 2. The molecule has 0 amide bonds. The van der Waals surface area contributed by atoms with Gasteiger partial charge in [0.25, 0.3) is 0 Å². The van der Waals surface area contributed by atoms with Crippen LogP contribution in [0.4, 0.5) is 5.82 Å². The van der Waals surface area contributed by atoms with E-state index in [4.69, 9.17) is 10.7 Å². The monoisotopic (exact) mass is 269 g/mol. The summed E-state index contributed by atoms with van der Waals surface area (Å²) in [7, 11) is 0. The smallest absolute Gasteiger partial charge is 0.136 e. The molecule has 0 radical (unpaired) electrons. The van der Waals surface area contributed by atoms with Crippen molar-refractivity contribution in [3.8, 4) is 0 Å². The van der Waals surface area contributed by atoms with Crippen molar-refractivity contribution in [1.82, 2.24) is 4.98 Å². The predicted molar refractivity (Wildman–Crippen MR) is 84.9 cm³/mol. The molecule has 20 heavy (non-hydrogen) atoms. The number of fused-ring (bicyclic) bond motifs is 1. The van der Waals surface area contributed by atoms with Crippen molar-refractivity contribution in [3.63, 3.8) is 0 Å². The van der Waals surface area contributed by atoms with Crippen LogP contribution in [0.1, 0.15) is 37.8 Å². The van der Waals surface area contributed by atoms with Gasteiger partial charge in [-0.05, 0) is 24.3 Å². The van der Waals surface area contributed by atoms with E-state index in [9.17, 15) is 0 Å². The SMILES string of the molecule is NCc1cc2ccccc2c(N2CCCCCCC2)n1. The normalized spacial score (nSPS) is 16.9. The van der Waals surface area contributed by atoms with E-state index in [-0.39, 0.29) is 0 Å². The van der Waals surface area contributed by atoms with Crippen LogP contribution < -0.4 is 10.6 Å². The second kappa shape index (κ2) is 6.23. The zero-order chi connectivity index (χ0) is 13.8. The molecule has 1 fully saturated rings. The Morgan fingerprint density at radius 1 is 1.00 bits per heavy atom. The summed E-state index contributed by atoms with van der Waals surface area (Å²) in [6.07, 6.45) is 6.59. The van der Waals surface area contributed by atoms with Gasteiger partial charge < -0.3 is 10.6 Å². The predicted octanol–water partition coefficient (Wildman–Crippen LogP) is 3.46. The van der Waals surface area contributed by atoms with E-state index in [0.29, 0.717) is 6.54 Å². The lowest BCUT2D eigenvalue weighted by atomic mass is 10.1. The highest BCUT2D eigenvalue weighted by molar-refractivity contribution is 5.92. The highest BCUT2D eigenvalue weighted by Crippen LogP contribution is 2.27. The summed E-state index contributed by atoms with van der Waals surface area (Å²) in [5, 5.41) is 2.50. The van der Waals surface area contributed by atoms with Gasteiger partial charge in [-0.25, -0.2) is 4.98 Å². The lowest BCUT2D eigenvalue weighted by molar-refractivity contribution is 0.554. The largest absolute Gasteiger partial charge is 0.356 e. The molecule has 1 aliphatic rings. The topological polar surface area (TPSA) is 42.1 Å². The molecule has 0 spiro atoms. The Labute approximate surface area is 120 Å². The molecule has 1 aromatic heterocycles. The molecule has 0 saturated carbocycles. The van der Waals surface area contributed by atoms with E-state index in [1.54, 1.807) is 0 Å². The van der Waals surface area contributed by atoms with Crippen LogP contribution in [-0.2, 0) is 6.54 Å². The Kier molecular flexibility index (Phi) is 4.16. The van der Waals surface area contributed by atoms with E-state index in [1.807, 2.05) is 0 Å². The van der Waals surface area contributed by atoms with Crippen LogP contribution in [0.25, 0.3) is 10.8 Å². The third kappa shape index (κ3) is 2.78. The van der Waals surface area contributed by atoms with Gasteiger partial charge in [-0.15, -0.1) is 0 Å². The summed E-state index contributed by atoms with van der Waals surface area (Å²) >= 11 is 0. The van der Waals surface area contributed by atoms with Crippen LogP contribution in [-0.4, -0.2) is 18.1 Å². The summed E-state index contributed by atoms with van der Waals surface area (Å²) in [6, 6.07) is 10.6. The maximum Gasteiger partial charge on any atom is 0.136 e. The summed E-state index contributed by atoms with van der Waals surface area (Å²) < 4.78 is 0. The molecule has 2 aromatic rings. The fourth-order valence-corrected chi connectivity index (χ4v) is 3.04. The van der Waals surface area contributed by atoms with Crippen molar-refractivity contribution in [2.75, 3.05) is 18.0 Å². The Bertz CT molecular complexity index is 571. The second-order valence-corrected chi connectivity index (χ2v) is 5.62. The van der Waals surface area contributed by atoms with Gasteiger partial charge in [0.15, 0.2) is 0 Å². The van der Waals surface area contributed by atoms with Gasteiger partial charge in [-0.3, -0.25) is 0 Å². The third-order valence-corrected chi connectivity index (χ3v) is 4.14. The molecule has 1 aromatic carbocycles. The van der Waals surface area contributed by atoms with E-state index in [2.05, 4.69) is 35.2 Å². The molecule has 0 atom stereocenters. The molecular formula is C17H23N3. The maximum absolute atomic E-state index is 5.81. The highest BCUT2D eigenvalue weighted by Gasteiger charge is 2.14. The van der Waals surface area contributed by atoms with Crippen molar-refractivity contribution in [3.05, 3.63) is 36.0 Å². The molecule has 0 bridgehead atoms. The van der Waals surface area contributed by atoms with Crippen LogP contribution in [0.5, 0.6) is 0 Å². The Hall–Kier alpha value is -1.61. The van der Waals surface area contributed by atoms with Crippen LogP contribution in [0.3, 0.4) is 0 Å². The summed E-state index contributed by atoms with van der Waals surface area (Å²) in [5.41, 5.74) is 6.80. The number of hydrogen-bond acceptors (Lipinski definition) is 3. The van der Waals surface area contributed by atoms with Gasteiger partial charge in [-0.1, -0.05) is 43.5 Å². The first-order valence-corrected chi connectivity index (χ1v) is 7.72. The molecule has 3 nitrogen and oxygen atoms in total. The molecule has 2 N–H and O–H groups in total. The van der Waals surface area contributed by atoms with Gasteiger partial charge in [0.1, 0.15) is 5.82 Å². The third-order valence-electron chi connectivity index (χ3n) is 4.14. The molecule has 2 heterocycles. The van der Waals surface area contributed by atoms with Gasteiger partial charge in [0.2, 0.25) is 0 Å². The van der Waals surface area contributed by atoms with Gasteiger partial charge in [0, 0.05) is 25.0 Å². The lowest BCUT2D eigenvalue weighted by Gasteiger charge is -2.27. The minimum Gasteiger partial charge on any atom is -0.356 e. The standard InChI is InChI=1S/C17H23N3/c18-13-15-12-14-8-4-5-9-16(14)17(19-15)20-10-6-2-1-3-7-11-20/h4-5,8-9,12H,1-3,6-7,10-11,13,18H2. The Morgan fingerprint density at radius 3 is 2.45 bits per heavy atom. The Balaban J connectivity index is 2.03. The van der Waals surface area contributed by atoms with Gasteiger partial charge in [0.05, 0.1) is 5.69 Å². The van der Waals surface area contributed by atoms with Crippen molar-refractivity contribution in [2.24, 2.45) is 5.73 Å². The first-order valence-electron chi connectivity index (χ1n) is 7.72. The van der Waals surface area contributed by atoms with Crippen LogP contribution in [0, 0.1) is 0 Å². The van der Waals surface area contributed by atoms with Crippen molar-refractivity contribution >= 4 is 16.6 Å².